The van der Waals surface area contributed by atoms with Crippen molar-refractivity contribution in [2.45, 2.75) is 261 Å². The molecule has 15 nitrogen and oxygen atoms in total. The molecule has 0 saturated carbocycles. The molecule has 0 spiro atoms. The van der Waals surface area contributed by atoms with E-state index in [1.54, 1.807) is 0 Å². The van der Waals surface area contributed by atoms with Crippen LogP contribution in [0.1, 0.15) is 194 Å². The predicted molar refractivity (Wildman–Crippen MR) is 246 cm³/mol. The Bertz CT molecular complexity index is 1240. The zero-order chi connectivity index (χ0) is 47.5. The van der Waals surface area contributed by atoms with Gasteiger partial charge in [0.05, 0.1) is 19.8 Å². The Labute approximate surface area is 390 Å². The number of aliphatic hydroxyl groups excluding tert-OH is 7. The summed E-state index contributed by atoms with van der Waals surface area (Å²) in [6.07, 6.45) is 17.3. The first-order valence-electron chi connectivity index (χ1n) is 25.5. The standard InChI is InChI=1S/C50H90O15/c1-3-5-7-9-11-13-15-17-19-21-23-25-27-29-31-33-42(53)63-38(35-60-41(52)32-30-28-26-24-22-20-18-16-14-12-10-8-6-4-2)36-61-49-48(59)46(57)44(55)40(65-49)37-62-50-47(58)45(56)43(54)39(34-51)64-50/h15,19,38-40,43-51,54-59H,3-14,16,18,20-37H2,1-2H3/t17?,38-,39-,40-,43+,44+,45?,46?,47?,48?,49-,50-/m1/s1. The summed E-state index contributed by atoms with van der Waals surface area (Å²) in [7, 11) is 0. The largest absolute Gasteiger partial charge is 0.462 e. The quantitative estimate of drug-likeness (QED) is 0.0192. The molecular weight excluding hydrogens is 841 g/mol. The Morgan fingerprint density at radius 1 is 0.508 bits per heavy atom. The van der Waals surface area contributed by atoms with Gasteiger partial charge >= 0.3 is 11.9 Å². The first kappa shape index (κ1) is 59.1. The van der Waals surface area contributed by atoms with Crippen LogP contribution < -0.4 is 0 Å². The van der Waals surface area contributed by atoms with Gasteiger partial charge in [0.25, 0.3) is 0 Å². The van der Waals surface area contributed by atoms with Crippen LogP contribution in [0.25, 0.3) is 0 Å². The highest BCUT2D eigenvalue weighted by Crippen LogP contribution is 2.26. The lowest BCUT2D eigenvalue weighted by Gasteiger charge is -2.42. The molecule has 0 aliphatic carbocycles. The molecule has 4 unspecified atom stereocenters. The number of carbonyl (C=O) groups excluding carboxylic acids is 2. The van der Waals surface area contributed by atoms with Crippen LogP contribution in [-0.4, -0.2) is 142 Å². The number of ether oxygens (including phenoxy) is 6. The lowest BCUT2D eigenvalue weighted by atomic mass is 9.98. The number of esters is 2. The fourth-order valence-electron chi connectivity index (χ4n) is 8.02. The normalized spacial score (nSPS) is 26.0. The Kier molecular flexibility index (Phi) is 34.5. The molecule has 65 heavy (non-hydrogen) atoms. The van der Waals surface area contributed by atoms with Crippen molar-refractivity contribution in [1.29, 1.82) is 0 Å². The summed E-state index contributed by atoms with van der Waals surface area (Å²) in [6.45, 7) is 2.56. The smallest absolute Gasteiger partial charge is 0.306 e. The van der Waals surface area contributed by atoms with Crippen LogP contribution in [0.3, 0.4) is 0 Å². The van der Waals surface area contributed by atoms with Gasteiger partial charge in [-0.25, -0.2) is 0 Å². The van der Waals surface area contributed by atoms with Crippen molar-refractivity contribution in [2.24, 2.45) is 0 Å². The van der Waals surface area contributed by atoms with E-state index < -0.39 is 92.7 Å². The molecule has 7 N–H and O–H groups in total. The third-order valence-electron chi connectivity index (χ3n) is 12.3. The van der Waals surface area contributed by atoms with Crippen LogP contribution in [0.15, 0.2) is 17.9 Å². The summed E-state index contributed by atoms with van der Waals surface area (Å²) < 4.78 is 33.5. The minimum absolute atomic E-state index is 0.148. The van der Waals surface area contributed by atoms with Gasteiger partial charge in [0, 0.05) is 12.8 Å². The van der Waals surface area contributed by atoms with Crippen LogP contribution in [-0.2, 0) is 38.0 Å². The third kappa shape index (κ3) is 26.4. The van der Waals surface area contributed by atoms with E-state index in [4.69, 9.17) is 28.4 Å². The fourth-order valence-corrected chi connectivity index (χ4v) is 8.02. The number of rotatable bonds is 39. The van der Waals surface area contributed by atoms with Gasteiger partial charge in [0.1, 0.15) is 55.4 Å². The van der Waals surface area contributed by atoms with Crippen LogP contribution in [0.5, 0.6) is 0 Å². The number of allylic oxidation sites excluding steroid dienone is 1. The summed E-state index contributed by atoms with van der Waals surface area (Å²) in [6, 6.07) is 0. The molecule has 0 aromatic rings. The number of hydrogen-bond acceptors (Lipinski definition) is 15. The fraction of sp³-hybridized carbons (Fsp3) is 0.900. The van der Waals surface area contributed by atoms with Gasteiger partial charge in [-0.15, -0.1) is 5.73 Å². The van der Waals surface area contributed by atoms with E-state index in [1.807, 2.05) is 0 Å². The number of unbranched alkanes of at least 4 members (excludes halogenated alkanes) is 23. The van der Waals surface area contributed by atoms with Crippen molar-refractivity contribution in [3.05, 3.63) is 17.9 Å². The van der Waals surface area contributed by atoms with E-state index in [9.17, 15) is 45.3 Å². The van der Waals surface area contributed by atoms with Crippen LogP contribution in [0, 0.1) is 0 Å². The highest BCUT2D eigenvalue weighted by atomic mass is 16.7. The van der Waals surface area contributed by atoms with Gasteiger partial charge in [-0.1, -0.05) is 142 Å². The van der Waals surface area contributed by atoms with Gasteiger partial charge in [-0.05, 0) is 50.7 Å². The zero-order valence-corrected chi connectivity index (χ0v) is 40.0. The summed E-state index contributed by atoms with van der Waals surface area (Å²) in [4.78, 5) is 25.7. The highest BCUT2D eigenvalue weighted by Gasteiger charge is 2.47. The predicted octanol–water partition coefficient (Wildman–Crippen LogP) is 6.76. The molecule has 2 aliphatic heterocycles. The molecule has 0 aromatic carbocycles. The molecule has 11 atom stereocenters. The van der Waals surface area contributed by atoms with Gasteiger partial charge in [0.15, 0.2) is 18.7 Å². The molecule has 2 saturated heterocycles. The summed E-state index contributed by atoms with van der Waals surface area (Å²) in [5, 5.41) is 72.0. The molecule has 15 heteroatoms. The van der Waals surface area contributed by atoms with E-state index in [0.717, 1.165) is 57.8 Å². The minimum atomic E-state index is -1.77. The maximum absolute atomic E-state index is 13.0. The Morgan fingerprint density at radius 3 is 1.42 bits per heavy atom. The van der Waals surface area contributed by atoms with Crippen LogP contribution in [0.2, 0.25) is 0 Å². The van der Waals surface area contributed by atoms with Crippen molar-refractivity contribution in [2.75, 3.05) is 26.4 Å². The van der Waals surface area contributed by atoms with E-state index in [0.29, 0.717) is 12.8 Å². The zero-order valence-electron chi connectivity index (χ0n) is 40.0. The van der Waals surface area contributed by atoms with E-state index in [2.05, 4.69) is 31.7 Å². The van der Waals surface area contributed by atoms with E-state index in [-0.39, 0.29) is 26.1 Å². The molecule has 380 valence electrons. The molecule has 0 bridgehead atoms. The first-order valence-corrected chi connectivity index (χ1v) is 25.5. The maximum atomic E-state index is 13.0. The van der Waals surface area contributed by atoms with E-state index in [1.165, 1.54) is 96.3 Å². The monoisotopic (exact) mass is 931 g/mol. The second-order valence-electron chi connectivity index (χ2n) is 18.1. The lowest BCUT2D eigenvalue weighted by molar-refractivity contribution is -0.332. The Balaban J connectivity index is 1.83. The van der Waals surface area contributed by atoms with Gasteiger partial charge < -0.3 is 64.2 Å². The minimum Gasteiger partial charge on any atom is -0.462 e. The van der Waals surface area contributed by atoms with E-state index >= 15 is 0 Å². The van der Waals surface area contributed by atoms with Crippen molar-refractivity contribution < 1.29 is 73.8 Å². The average Bonchev–Trinajstić information content (AvgIpc) is 3.30. The lowest BCUT2D eigenvalue weighted by Crippen LogP contribution is -2.61. The molecule has 0 radical (unpaired) electrons. The van der Waals surface area contributed by atoms with Crippen molar-refractivity contribution in [3.8, 4) is 0 Å². The van der Waals surface area contributed by atoms with Crippen LogP contribution >= 0.6 is 0 Å². The summed E-state index contributed by atoms with van der Waals surface area (Å²) >= 11 is 0. The van der Waals surface area contributed by atoms with Gasteiger partial charge in [0.2, 0.25) is 0 Å². The molecule has 0 amide bonds. The molecule has 2 heterocycles. The number of aliphatic hydroxyl groups is 7. The molecule has 2 aliphatic rings. The Morgan fingerprint density at radius 2 is 0.923 bits per heavy atom. The summed E-state index contributed by atoms with van der Waals surface area (Å²) in [5.41, 5.74) is 3.29. The van der Waals surface area contributed by atoms with Gasteiger partial charge in [-0.3, -0.25) is 9.59 Å². The first-order chi connectivity index (χ1) is 31.5. The molecule has 2 rings (SSSR count). The maximum Gasteiger partial charge on any atom is 0.306 e. The average molecular weight is 931 g/mol. The van der Waals surface area contributed by atoms with Crippen molar-refractivity contribution >= 4 is 11.9 Å². The van der Waals surface area contributed by atoms with Crippen LogP contribution in [0.4, 0.5) is 0 Å². The number of carbonyl (C=O) groups is 2. The number of hydrogen-bond donors (Lipinski definition) is 7. The topological polar surface area (TPSA) is 231 Å². The van der Waals surface area contributed by atoms with Crippen molar-refractivity contribution in [1.82, 2.24) is 0 Å². The third-order valence-corrected chi connectivity index (χ3v) is 12.3. The molecule has 0 aromatic heterocycles. The van der Waals surface area contributed by atoms with Crippen molar-refractivity contribution in [3.63, 3.8) is 0 Å². The highest BCUT2D eigenvalue weighted by molar-refractivity contribution is 5.70. The molecule has 2 fully saturated rings. The molecular formula is C50H90O15. The summed E-state index contributed by atoms with van der Waals surface area (Å²) in [5.74, 6) is -0.939. The van der Waals surface area contributed by atoms with Gasteiger partial charge in [-0.2, -0.15) is 0 Å². The SMILES string of the molecule is CCCCCCCC=C=CCCCCCCCC(=O)O[C@H](COC(=O)CCCCCCCCCCCCCCCC)CO[C@@H]1O[C@H](CO[C@@H]2O[C@H](CO)[C@H](O)C(O)C2O)[C@H](O)C(O)C1O. The Hall–Kier alpha value is -1.98. The second-order valence-corrected chi connectivity index (χ2v) is 18.1. The second kappa shape index (κ2) is 37.9.